The number of benzene rings is 1. The van der Waals surface area contributed by atoms with Crippen LogP contribution in [0.3, 0.4) is 0 Å². The Kier molecular flexibility index (Phi) is 5.15. The van der Waals surface area contributed by atoms with Crippen molar-refractivity contribution in [2.45, 2.75) is 32.0 Å². The maximum Gasteiger partial charge on any atom is 0.416 e. The van der Waals surface area contributed by atoms with Crippen LogP contribution in [0, 0.1) is 29.1 Å². The van der Waals surface area contributed by atoms with Crippen molar-refractivity contribution in [2.75, 3.05) is 11.0 Å². The van der Waals surface area contributed by atoms with Crippen molar-refractivity contribution in [1.82, 2.24) is 5.32 Å². The van der Waals surface area contributed by atoms with Crippen LogP contribution >= 0.6 is 0 Å². The number of halogens is 3. The molecule has 5 unspecified atom stereocenters. The predicted molar refractivity (Wildman–Crippen MR) is 99.5 cm³/mol. The highest BCUT2D eigenvalue weighted by molar-refractivity contribution is 7.92. The van der Waals surface area contributed by atoms with Crippen LogP contribution in [0.5, 0.6) is 0 Å². The lowest BCUT2D eigenvalue weighted by molar-refractivity contribution is -0.137. The molecule has 0 radical (unpaired) electrons. The van der Waals surface area contributed by atoms with Gasteiger partial charge in [0, 0.05) is 18.3 Å². The number of anilines is 1. The van der Waals surface area contributed by atoms with Crippen LogP contribution in [-0.2, 0) is 17.5 Å². The second-order valence-electron chi connectivity index (χ2n) is 7.31. The van der Waals surface area contributed by atoms with Gasteiger partial charge in [-0.2, -0.15) is 18.4 Å². The number of nitrogens with one attached hydrogen (secondary N) is 2. The minimum absolute atomic E-state index is 0.00591. The molecule has 2 aliphatic rings. The number of amides is 1. The zero-order valence-electron chi connectivity index (χ0n) is 15.6. The van der Waals surface area contributed by atoms with E-state index in [0.717, 1.165) is 23.8 Å². The molecular weight excluding hydrogens is 391 g/mol. The van der Waals surface area contributed by atoms with Crippen molar-refractivity contribution in [3.8, 4) is 6.07 Å². The normalized spacial score (nSPS) is 29.4. The molecule has 0 bridgehead atoms. The average Bonchev–Trinajstić information content (AvgIpc) is 2.60. The Morgan fingerprint density at radius 1 is 1.39 bits per heavy atom. The first-order valence-corrected chi connectivity index (χ1v) is 10.3. The third-order valence-electron chi connectivity index (χ3n) is 5.82. The lowest BCUT2D eigenvalue weighted by Gasteiger charge is -2.64. The van der Waals surface area contributed by atoms with E-state index in [0.29, 0.717) is 6.42 Å². The average molecular weight is 411 g/mol. The molecular formula is C19H20F3N3O2S. The summed E-state index contributed by atoms with van der Waals surface area (Å²) in [6, 6.07) is 4.86. The Balaban J connectivity index is 1.92. The molecule has 5 atom stereocenters. The molecule has 1 fully saturated rings. The number of hydrogen-bond acceptors (Lipinski definition) is 4. The highest BCUT2D eigenvalue weighted by atomic mass is 32.2. The molecule has 2 aliphatic carbocycles. The van der Waals surface area contributed by atoms with Gasteiger partial charge in [-0.3, -0.25) is 4.79 Å². The van der Waals surface area contributed by atoms with Gasteiger partial charge >= 0.3 is 6.18 Å². The molecule has 28 heavy (non-hydrogen) atoms. The van der Waals surface area contributed by atoms with E-state index in [4.69, 9.17) is 5.26 Å². The number of rotatable bonds is 5. The zero-order valence-corrected chi connectivity index (χ0v) is 16.4. The molecule has 3 rings (SSSR count). The lowest BCUT2D eigenvalue weighted by atomic mass is 9.44. The van der Waals surface area contributed by atoms with E-state index < -0.39 is 34.5 Å². The molecule has 1 saturated carbocycles. The van der Waals surface area contributed by atoms with Crippen molar-refractivity contribution in [2.24, 2.45) is 17.8 Å². The summed E-state index contributed by atoms with van der Waals surface area (Å²) in [5, 5.41) is 11.9. The Bertz CT molecular complexity index is 878. The second kappa shape index (κ2) is 7.01. The minimum atomic E-state index is -4.60. The number of nitriles is 1. The van der Waals surface area contributed by atoms with Crippen LogP contribution < -0.4 is 10.0 Å². The summed E-state index contributed by atoms with van der Waals surface area (Å²) in [6.45, 7) is 3.86. The van der Waals surface area contributed by atoms with Gasteiger partial charge in [0.15, 0.2) is 0 Å². The Morgan fingerprint density at radius 2 is 2.07 bits per heavy atom. The van der Waals surface area contributed by atoms with Crippen molar-refractivity contribution < 1.29 is 22.5 Å². The first-order chi connectivity index (χ1) is 13.0. The zero-order chi connectivity index (χ0) is 20.9. The van der Waals surface area contributed by atoms with Gasteiger partial charge < -0.3 is 9.87 Å². The van der Waals surface area contributed by atoms with Crippen LogP contribution in [0.25, 0.3) is 0 Å². The van der Waals surface area contributed by atoms with Crippen LogP contribution in [0.4, 0.5) is 18.9 Å². The number of carbonyl (C=O) groups is 1. The molecule has 1 amide bonds. The van der Waals surface area contributed by atoms with E-state index in [1.165, 1.54) is 6.26 Å². The van der Waals surface area contributed by atoms with Crippen molar-refractivity contribution >= 4 is 23.0 Å². The smallest absolute Gasteiger partial charge is 0.416 e. The monoisotopic (exact) mass is 411 g/mol. The van der Waals surface area contributed by atoms with Crippen LogP contribution in [-0.4, -0.2) is 22.3 Å². The molecule has 9 heteroatoms. The fourth-order valence-corrected chi connectivity index (χ4v) is 4.88. The summed E-state index contributed by atoms with van der Waals surface area (Å²) in [4.78, 5) is 13.0. The second-order valence-corrected chi connectivity index (χ2v) is 8.42. The van der Waals surface area contributed by atoms with Gasteiger partial charge in [-0.05, 0) is 29.7 Å². The van der Waals surface area contributed by atoms with Crippen molar-refractivity contribution in [3.63, 3.8) is 0 Å². The largest absolute Gasteiger partial charge is 0.593 e. The number of hydrogen-bond donors (Lipinski definition) is 2. The Morgan fingerprint density at radius 3 is 2.57 bits per heavy atom. The van der Waals surface area contributed by atoms with E-state index in [9.17, 15) is 22.5 Å². The van der Waals surface area contributed by atoms with E-state index >= 15 is 0 Å². The van der Waals surface area contributed by atoms with Gasteiger partial charge in [-0.25, -0.2) is 4.72 Å². The maximum atomic E-state index is 13.1. The molecule has 2 N–H and O–H groups in total. The van der Waals surface area contributed by atoms with Gasteiger partial charge in [0.1, 0.15) is 6.26 Å². The SMILES string of the molecule is CC1C=C2C(CC#N)C(C)C21NC(=O)c1cc(C(F)(F)F)ccc1N[S+](C)[O-]. The Labute approximate surface area is 164 Å². The molecule has 0 aliphatic heterocycles. The lowest BCUT2D eigenvalue weighted by Crippen LogP contribution is -2.72. The standard InChI is InChI=1S/C19H20F3N3O2S/c1-10-8-15-13(6-7-23)11(2)18(10,15)24-17(26)14-9-12(19(20,21)22)4-5-16(14)25-28(3)27/h4-5,8-11,13,25H,6H2,1-3H3,(H,24,26). The summed E-state index contributed by atoms with van der Waals surface area (Å²) in [5.74, 6) is -0.616. The number of fused-ring (bicyclic) bond motifs is 1. The number of nitrogens with zero attached hydrogens (tertiary/aromatic N) is 1. The van der Waals surface area contributed by atoms with Gasteiger partial charge in [0.2, 0.25) is 0 Å². The first-order valence-electron chi connectivity index (χ1n) is 8.75. The van der Waals surface area contributed by atoms with Crippen molar-refractivity contribution in [1.29, 1.82) is 5.26 Å². The molecule has 1 aromatic carbocycles. The highest BCUT2D eigenvalue weighted by Gasteiger charge is 2.63. The van der Waals surface area contributed by atoms with E-state index in [-0.39, 0.29) is 29.0 Å². The molecule has 0 heterocycles. The summed E-state index contributed by atoms with van der Waals surface area (Å²) < 4.78 is 53.4. The fraction of sp³-hybridized carbons (Fsp3) is 0.474. The predicted octanol–water partition coefficient (Wildman–Crippen LogP) is 3.64. The van der Waals surface area contributed by atoms with Crippen molar-refractivity contribution in [3.05, 3.63) is 41.0 Å². The summed E-state index contributed by atoms with van der Waals surface area (Å²) in [6.07, 6.45) is -0.946. The molecule has 5 nitrogen and oxygen atoms in total. The molecule has 150 valence electrons. The number of alkyl halides is 3. The van der Waals surface area contributed by atoms with Crippen LogP contribution in [0.2, 0.25) is 0 Å². The van der Waals surface area contributed by atoms with E-state index in [1.54, 1.807) is 0 Å². The van der Waals surface area contributed by atoms with Gasteiger partial charge in [-0.15, -0.1) is 0 Å². The van der Waals surface area contributed by atoms with Gasteiger partial charge in [0.05, 0.1) is 39.8 Å². The highest BCUT2D eigenvalue weighted by Crippen LogP contribution is 2.61. The van der Waals surface area contributed by atoms with Crippen LogP contribution in [0.15, 0.2) is 29.8 Å². The third kappa shape index (κ3) is 3.14. The summed E-state index contributed by atoms with van der Waals surface area (Å²) >= 11 is -1.56. The molecule has 0 saturated heterocycles. The van der Waals surface area contributed by atoms with E-state index in [2.05, 4.69) is 16.1 Å². The van der Waals surface area contributed by atoms with Gasteiger partial charge in [-0.1, -0.05) is 19.9 Å². The molecule has 0 spiro atoms. The summed E-state index contributed by atoms with van der Waals surface area (Å²) in [7, 11) is 0. The topological polar surface area (TPSA) is 88.0 Å². The number of carbonyl (C=O) groups excluding carboxylic acids is 1. The summed E-state index contributed by atoms with van der Waals surface area (Å²) in [5.41, 5.74) is -0.781. The van der Waals surface area contributed by atoms with E-state index in [1.807, 2.05) is 19.9 Å². The quantitative estimate of drug-likeness (QED) is 0.572. The third-order valence-corrected chi connectivity index (χ3v) is 6.33. The fourth-order valence-electron chi connectivity index (χ4n) is 4.40. The molecule has 0 aromatic heterocycles. The first kappa shape index (κ1) is 20.6. The van der Waals surface area contributed by atoms with Crippen LogP contribution in [0.1, 0.15) is 36.2 Å². The van der Waals surface area contributed by atoms with Gasteiger partial charge in [0.25, 0.3) is 5.91 Å². The molecule has 1 aromatic rings. The Hall–Kier alpha value is -2.18. The minimum Gasteiger partial charge on any atom is -0.593 e. The maximum absolute atomic E-state index is 13.1.